The molecule has 0 aromatic heterocycles. The van der Waals surface area contributed by atoms with Crippen molar-refractivity contribution < 1.29 is 38.1 Å². The summed E-state index contributed by atoms with van der Waals surface area (Å²) in [5.41, 5.74) is 2.19. The van der Waals surface area contributed by atoms with Gasteiger partial charge in [-0.05, 0) is 59.5 Å². The summed E-state index contributed by atoms with van der Waals surface area (Å²) in [6.07, 6.45) is 5.87. The highest BCUT2D eigenvalue weighted by Crippen LogP contribution is 2.66. The Morgan fingerprint density at radius 3 is 1.28 bits per heavy atom. The number of carbonyl (C=O) groups is 4. The van der Waals surface area contributed by atoms with Crippen molar-refractivity contribution in [1.29, 1.82) is 0 Å². The van der Waals surface area contributed by atoms with Gasteiger partial charge in [0, 0.05) is 0 Å². The van der Waals surface area contributed by atoms with E-state index in [-0.39, 0.29) is 59.4 Å². The van der Waals surface area contributed by atoms with Crippen molar-refractivity contribution in [2.45, 2.75) is 12.8 Å². The zero-order valence-electron chi connectivity index (χ0n) is 18.6. The summed E-state index contributed by atoms with van der Waals surface area (Å²) in [5.74, 6) is -3.73. The van der Waals surface area contributed by atoms with Crippen LogP contribution in [0, 0.1) is 59.2 Å². The van der Waals surface area contributed by atoms with E-state index in [1.165, 1.54) is 28.4 Å². The van der Waals surface area contributed by atoms with Crippen molar-refractivity contribution in [2.75, 3.05) is 28.4 Å². The number of carbonyl (C=O) groups excluding carboxylic acids is 4. The van der Waals surface area contributed by atoms with Crippen LogP contribution in [-0.4, -0.2) is 52.3 Å². The summed E-state index contributed by atoms with van der Waals surface area (Å²) in [6, 6.07) is 0. The minimum atomic E-state index is -0.560. The molecule has 172 valence electrons. The van der Waals surface area contributed by atoms with Crippen LogP contribution >= 0.6 is 0 Å². The first-order valence-corrected chi connectivity index (χ1v) is 11.1. The van der Waals surface area contributed by atoms with Crippen molar-refractivity contribution in [1.82, 2.24) is 0 Å². The fourth-order valence-electron chi connectivity index (χ4n) is 7.77. The first kappa shape index (κ1) is 21.2. The van der Waals surface area contributed by atoms with Gasteiger partial charge >= 0.3 is 23.9 Å². The van der Waals surface area contributed by atoms with E-state index in [2.05, 4.69) is 12.2 Å². The predicted molar refractivity (Wildman–Crippen MR) is 108 cm³/mol. The van der Waals surface area contributed by atoms with E-state index in [4.69, 9.17) is 18.9 Å². The molecule has 0 saturated heterocycles. The summed E-state index contributed by atoms with van der Waals surface area (Å²) in [7, 11) is 5.38. The molecule has 0 aromatic carbocycles. The smallest absolute Gasteiger partial charge is 0.310 e. The molecule has 8 nitrogen and oxygen atoms in total. The number of esters is 4. The predicted octanol–water partition coefficient (Wildman–Crippen LogP) is 1.54. The lowest BCUT2D eigenvalue weighted by Gasteiger charge is -2.41. The highest BCUT2D eigenvalue weighted by molar-refractivity contribution is 5.86. The first-order valence-electron chi connectivity index (χ1n) is 11.1. The highest BCUT2D eigenvalue weighted by Gasteiger charge is 2.65. The number of allylic oxidation sites excluding steroid dienone is 4. The monoisotopic (exact) mass is 444 g/mol. The maximum absolute atomic E-state index is 12.6. The fraction of sp³-hybridized carbons (Fsp3) is 0.667. The number of ether oxygens (including phenoxy) is 4. The van der Waals surface area contributed by atoms with Gasteiger partial charge in [-0.25, -0.2) is 0 Å². The van der Waals surface area contributed by atoms with Gasteiger partial charge in [0.05, 0.1) is 52.1 Å². The molecule has 4 fully saturated rings. The minimum Gasteiger partial charge on any atom is -0.469 e. The van der Waals surface area contributed by atoms with E-state index >= 15 is 0 Å². The Labute approximate surface area is 186 Å². The van der Waals surface area contributed by atoms with Crippen LogP contribution in [0.15, 0.2) is 23.3 Å². The Hall–Kier alpha value is -2.64. The molecule has 0 amide bonds. The SMILES string of the molecule is COC(=O)C1C2CC(C3=CC4C(C=C32)C2CC4C(C(=O)OC)C2C(=O)OC)C1C(=O)OC. The zero-order valence-corrected chi connectivity index (χ0v) is 18.6. The van der Waals surface area contributed by atoms with Crippen LogP contribution in [0.4, 0.5) is 0 Å². The Morgan fingerprint density at radius 1 is 0.594 bits per heavy atom. The Kier molecular flexibility index (Phi) is 4.94. The van der Waals surface area contributed by atoms with Gasteiger partial charge in [-0.15, -0.1) is 0 Å². The maximum Gasteiger partial charge on any atom is 0.310 e. The third-order valence-electron chi connectivity index (χ3n) is 8.82. The standard InChI is InChI=1S/C24H28O8/c1-29-21(25)17-13-7-14(18(17)22(26)30-2)10-6-12-11(5-9(10)13)15-8-16(12)20(24(28)32-4)19(15)23(27)31-3/h5-6,9-10,13-20H,7-8H2,1-4H3. The molecule has 0 aromatic rings. The van der Waals surface area contributed by atoms with Crippen molar-refractivity contribution in [3.05, 3.63) is 23.3 Å². The van der Waals surface area contributed by atoms with Gasteiger partial charge in [0.15, 0.2) is 0 Å². The molecular weight excluding hydrogens is 416 g/mol. The van der Waals surface area contributed by atoms with Crippen molar-refractivity contribution in [3.8, 4) is 0 Å². The molecule has 8 heteroatoms. The molecule has 0 N–H and O–H groups in total. The van der Waals surface area contributed by atoms with Gasteiger partial charge in [0.25, 0.3) is 0 Å². The molecule has 5 aliphatic rings. The second-order valence-corrected chi connectivity index (χ2v) is 9.61. The van der Waals surface area contributed by atoms with Crippen LogP contribution < -0.4 is 0 Å². The summed E-state index contributed by atoms with van der Waals surface area (Å²) in [6.45, 7) is 0. The van der Waals surface area contributed by atoms with E-state index < -0.39 is 23.7 Å². The van der Waals surface area contributed by atoms with Crippen LogP contribution in [0.1, 0.15) is 12.8 Å². The summed E-state index contributed by atoms with van der Waals surface area (Å²) < 4.78 is 20.2. The number of fused-ring (bicyclic) bond motifs is 10. The lowest BCUT2D eigenvalue weighted by atomic mass is 9.62. The van der Waals surface area contributed by atoms with Crippen LogP contribution in [0.25, 0.3) is 0 Å². The highest BCUT2D eigenvalue weighted by atomic mass is 16.5. The molecule has 10 atom stereocenters. The van der Waals surface area contributed by atoms with Gasteiger partial charge in [-0.1, -0.05) is 12.2 Å². The van der Waals surface area contributed by atoms with Crippen molar-refractivity contribution in [2.24, 2.45) is 59.2 Å². The van der Waals surface area contributed by atoms with E-state index in [1.54, 1.807) is 0 Å². The number of hydrogen-bond donors (Lipinski definition) is 0. The number of rotatable bonds is 4. The third-order valence-corrected chi connectivity index (χ3v) is 8.82. The maximum atomic E-state index is 12.6. The molecule has 5 rings (SSSR count). The molecule has 0 spiro atoms. The Balaban J connectivity index is 1.53. The lowest BCUT2D eigenvalue weighted by Crippen LogP contribution is -2.44. The third kappa shape index (κ3) is 2.61. The van der Waals surface area contributed by atoms with Crippen LogP contribution in [0.2, 0.25) is 0 Å². The average molecular weight is 444 g/mol. The fourth-order valence-corrected chi connectivity index (χ4v) is 7.77. The van der Waals surface area contributed by atoms with Crippen molar-refractivity contribution in [3.63, 3.8) is 0 Å². The molecule has 0 aliphatic heterocycles. The second-order valence-electron chi connectivity index (χ2n) is 9.61. The summed E-state index contributed by atoms with van der Waals surface area (Å²) >= 11 is 0. The summed E-state index contributed by atoms with van der Waals surface area (Å²) in [4.78, 5) is 50.4. The van der Waals surface area contributed by atoms with Gasteiger partial charge in [0.1, 0.15) is 0 Å². The number of hydrogen-bond acceptors (Lipinski definition) is 8. The van der Waals surface area contributed by atoms with Gasteiger partial charge < -0.3 is 18.9 Å². The zero-order chi connectivity index (χ0) is 22.9. The number of methoxy groups -OCH3 is 4. The summed E-state index contributed by atoms with van der Waals surface area (Å²) in [5, 5.41) is 0. The molecule has 0 heterocycles. The molecule has 4 saturated carbocycles. The first-order chi connectivity index (χ1) is 15.4. The van der Waals surface area contributed by atoms with Gasteiger partial charge in [-0.2, -0.15) is 0 Å². The molecule has 32 heavy (non-hydrogen) atoms. The van der Waals surface area contributed by atoms with Crippen LogP contribution in [0.3, 0.4) is 0 Å². The van der Waals surface area contributed by atoms with Crippen molar-refractivity contribution >= 4 is 23.9 Å². The van der Waals surface area contributed by atoms with E-state index in [0.717, 1.165) is 17.6 Å². The molecule has 4 bridgehead atoms. The van der Waals surface area contributed by atoms with E-state index in [9.17, 15) is 19.2 Å². The van der Waals surface area contributed by atoms with Crippen LogP contribution in [0.5, 0.6) is 0 Å². The molecule has 5 aliphatic carbocycles. The Bertz CT molecular complexity index is 874. The second kappa shape index (κ2) is 7.46. The van der Waals surface area contributed by atoms with E-state index in [1.807, 2.05) is 0 Å². The normalized spacial score (nSPS) is 42.4. The quantitative estimate of drug-likeness (QED) is 0.475. The lowest BCUT2D eigenvalue weighted by molar-refractivity contribution is -0.161. The Morgan fingerprint density at radius 2 is 0.938 bits per heavy atom. The minimum absolute atomic E-state index is 0.0149. The average Bonchev–Trinajstić information content (AvgIpc) is 3.57. The van der Waals surface area contributed by atoms with Gasteiger partial charge in [-0.3, -0.25) is 19.2 Å². The largest absolute Gasteiger partial charge is 0.469 e. The molecule has 0 radical (unpaired) electrons. The van der Waals surface area contributed by atoms with Crippen LogP contribution in [-0.2, 0) is 38.1 Å². The van der Waals surface area contributed by atoms with E-state index in [0.29, 0.717) is 6.42 Å². The van der Waals surface area contributed by atoms with Gasteiger partial charge in [0.2, 0.25) is 0 Å². The molecule has 10 unspecified atom stereocenters. The molecular formula is C24H28O8. The topological polar surface area (TPSA) is 105 Å².